The standard InChI is InChI=1S/C17H14Cl2N4O3S2/c1-2-10-3-6-12(7-4-10)23-28(25,26)17-22-21-16(27-17)20-15(24)13-8-5-11(18)9-14(13)19/h3-9,23H,2H2,1H3,(H,20,21,24). The Morgan fingerprint density at radius 2 is 1.82 bits per heavy atom. The third kappa shape index (κ3) is 4.79. The highest BCUT2D eigenvalue weighted by atomic mass is 35.5. The molecule has 28 heavy (non-hydrogen) atoms. The molecule has 0 unspecified atom stereocenters. The minimum atomic E-state index is -3.93. The van der Waals surface area contributed by atoms with Crippen LogP contribution in [0, 0.1) is 0 Å². The largest absolute Gasteiger partial charge is 0.296 e. The van der Waals surface area contributed by atoms with Crippen LogP contribution in [0.5, 0.6) is 0 Å². The lowest BCUT2D eigenvalue weighted by atomic mass is 10.2. The Labute approximate surface area is 175 Å². The molecule has 0 spiro atoms. The molecule has 0 saturated carbocycles. The first-order valence-corrected chi connectivity index (χ1v) is 11.1. The second kappa shape index (κ2) is 8.44. The molecule has 0 aliphatic heterocycles. The van der Waals surface area contributed by atoms with E-state index in [4.69, 9.17) is 23.2 Å². The van der Waals surface area contributed by atoms with Crippen molar-refractivity contribution in [3.63, 3.8) is 0 Å². The summed E-state index contributed by atoms with van der Waals surface area (Å²) in [5.74, 6) is -0.551. The molecule has 1 aromatic heterocycles. The first-order chi connectivity index (χ1) is 13.3. The fraction of sp³-hybridized carbons (Fsp3) is 0.118. The van der Waals surface area contributed by atoms with Gasteiger partial charge < -0.3 is 0 Å². The smallest absolute Gasteiger partial charge is 0.291 e. The van der Waals surface area contributed by atoms with Gasteiger partial charge in [0.05, 0.1) is 10.6 Å². The van der Waals surface area contributed by atoms with Crippen LogP contribution in [0.3, 0.4) is 0 Å². The van der Waals surface area contributed by atoms with Gasteiger partial charge in [0.2, 0.25) is 5.13 Å². The van der Waals surface area contributed by atoms with E-state index in [9.17, 15) is 13.2 Å². The van der Waals surface area contributed by atoms with E-state index in [2.05, 4.69) is 20.2 Å². The Kier molecular flexibility index (Phi) is 6.19. The van der Waals surface area contributed by atoms with Crippen LogP contribution in [-0.2, 0) is 16.4 Å². The number of nitrogens with zero attached hydrogens (tertiary/aromatic N) is 2. The second-order valence-corrected chi connectivity index (χ2v) is 9.28. The van der Waals surface area contributed by atoms with Crippen molar-refractivity contribution >= 4 is 61.3 Å². The third-order valence-electron chi connectivity index (χ3n) is 3.65. The van der Waals surface area contributed by atoms with Gasteiger partial charge in [0.25, 0.3) is 20.3 Å². The van der Waals surface area contributed by atoms with Crippen molar-refractivity contribution in [2.45, 2.75) is 17.7 Å². The molecule has 7 nitrogen and oxygen atoms in total. The van der Waals surface area contributed by atoms with Crippen LogP contribution in [0.25, 0.3) is 0 Å². The lowest BCUT2D eigenvalue weighted by Crippen LogP contribution is -2.12. The molecule has 0 atom stereocenters. The molecule has 0 radical (unpaired) electrons. The molecular formula is C17H14Cl2N4O3S2. The Hall–Kier alpha value is -2.20. The van der Waals surface area contributed by atoms with Crippen LogP contribution in [-0.4, -0.2) is 24.5 Å². The molecule has 1 heterocycles. The van der Waals surface area contributed by atoms with Crippen LogP contribution < -0.4 is 10.0 Å². The van der Waals surface area contributed by atoms with Crippen molar-refractivity contribution in [1.29, 1.82) is 0 Å². The molecule has 3 aromatic rings. The van der Waals surface area contributed by atoms with Crippen LogP contribution >= 0.6 is 34.5 Å². The van der Waals surface area contributed by atoms with E-state index < -0.39 is 15.9 Å². The third-order valence-corrected chi connectivity index (χ3v) is 6.78. The van der Waals surface area contributed by atoms with Gasteiger partial charge in [0, 0.05) is 10.7 Å². The molecule has 3 rings (SSSR count). The molecule has 11 heteroatoms. The quantitative estimate of drug-likeness (QED) is 0.533. The topological polar surface area (TPSA) is 101 Å². The van der Waals surface area contributed by atoms with Crippen LogP contribution in [0.4, 0.5) is 10.8 Å². The zero-order chi connectivity index (χ0) is 20.3. The highest BCUT2D eigenvalue weighted by Crippen LogP contribution is 2.25. The summed E-state index contributed by atoms with van der Waals surface area (Å²) in [4.78, 5) is 12.3. The normalized spacial score (nSPS) is 11.2. The number of hydrogen-bond donors (Lipinski definition) is 2. The van der Waals surface area contributed by atoms with Gasteiger partial charge in [-0.25, -0.2) is 0 Å². The zero-order valence-corrected chi connectivity index (χ0v) is 17.6. The fourth-order valence-electron chi connectivity index (χ4n) is 2.21. The molecule has 146 valence electrons. The minimum absolute atomic E-state index is 0.0257. The summed E-state index contributed by atoms with van der Waals surface area (Å²) >= 11 is 12.5. The predicted molar refractivity (Wildman–Crippen MR) is 111 cm³/mol. The number of halogens is 2. The monoisotopic (exact) mass is 456 g/mol. The number of carbonyl (C=O) groups excluding carboxylic acids is 1. The van der Waals surface area contributed by atoms with Gasteiger partial charge in [0.15, 0.2) is 0 Å². The summed E-state index contributed by atoms with van der Waals surface area (Å²) in [5, 5.41) is 10.4. The molecule has 0 aliphatic rings. The average molecular weight is 457 g/mol. The van der Waals surface area contributed by atoms with E-state index in [0.29, 0.717) is 10.7 Å². The van der Waals surface area contributed by atoms with E-state index in [0.717, 1.165) is 23.3 Å². The van der Waals surface area contributed by atoms with E-state index in [1.54, 1.807) is 12.1 Å². The molecule has 2 N–H and O–H groups in total. The van der Waals surface area contributed by atoms with Crippen molar-refractivity contribution in [2.24, 2.45) is 0 Å². The van der Waals surface area contributed by atoms with Crippen LogP contribution in [0.2, 0.25) is 10.0 Å². The summed E-state index contributed by atoms with van der Waals surface area (Å²) in [5.41, 5.74) is 1.68. The number of aryl methyl sites for hydroxylation is 1. The van der Waals surface area contributed by atoms with Crippen molar-refractivity contribution in [3.05, 3.63) is 63.6 Å². The van der Waals surface area contributed by atoms with Gasteiger partial charge in [-0.2, -0.15) is 8.42 Å². The van der Waals surface area contributed by atoms with Gasteiger partial charge >= 0.3 is 0 Å². The summed E-state index contributed by atoms with van der Waals surface area (Å²) in [6.07, 6.45) is 0.851. The minimum Gasteiger partial charge on any atom is -0.296 e. The Balaban J connectivity index is 1.74. The number of nitrogens with one attached hydrogen (secondary N) is 2. The van der Waals surface area contributed by atoms with Crippen molar-refractivity contribution in [2.75, 3.05) is 10.0 Å². The van der Waals surface area contributed by atoms with Crippen molar-refractivity contribution < 1.29 is 13.2 Å². The SMILES string of the molecule is CCc1ccc(NS(=O)(=O)c2nnc(NC(=O)c3ccc(Cl)cc3Cl)s2)cc1. The van der Waals surface area contributed by atoms with Gasteiger partial charge in [-0.05, 0) is 42.3 Å². The molecule has 1 amide bonds. The highest BCUT2D eigenvalue weighted by molar-refractivity contribution is 7.94. The van der Waals surface area contributed by atoms with Gasteiger partial charge in [0.1, 0.15) is 0 Å². The van der Waals surface area contributed by atoms with Gasteiger partial charge in [-0.15, -0.1) is 10.2 Å². The first-order valence-electron chi connectivity index (χ1n) is 8.00. The number of carbonyl (C=O) groups is 1. The molecule has 0 saturated heterocycles. The molecular weight excluding hydrogens is 443 g/mol. The summed E-state index contributed by atoms with van der Waals surface area (Å²) in [7, 11) is -3.93. The Morgan fingerprint density at radius 1 is 1.11 bits per heavy atom. The van der Waals surface area contributed by atoms with E-state index in [-0.39, 0.29) is 20.1 Å². The number of rotatable bonds is 6. The molecule has 0 aliphatic carbocycles. The number of anilines is 2. The summed E-state index contributed by atoms with van der Waals surface area (Å²) in [6, 6.07) is 11.4. The van der Waals surface area contributed by atoms with Crippen molar-refractivity contribution in [3.8, 4) is 0 Å². The predicted octanol–water partition coefficient (Wildman–Crippen LogP) is 4.46. The molecule has 0 fully saturated rings. The number of benzene rings is 2. The lowest BCUT2D eigenvalue weighted by Gasteiger charge is -2.05. The maximum Gasteiger partial charge on any atom is 0.291 e. The number of amides is 1. The summed E-state index contributed by atoms with van der Waals surface area (Å²) in [6.45, 7) is 2.01. The van der Waals surface area contributed by atoms with Crippen LogP contribution in [0.15, 0.2) is 46.8 Å². The highest BCUT2D eigenvalue weighted by Gasteiger charge is 2.22. The summed E-state index contributed by atoms with van der Waals surface area (Å²) < 4.78 is 27.1. The number of aromatic nitrogens is 2. The van der Waals surface area contributed by atoms with E-state index in [1.807, 2.05) is 19.1 Å². The Morgan fingerprint density at radius 3 is 2.46 bits per heavy atom. The molecule has 2 aromatic carbocycles. The van der Waals surface area contributed by atoms with E-state index in [1.165, 1.54) is 18.2 Å². The first kappa shape index (κ1) is 20.5. The maximum absolute atomic E-state index is 12.5. The zero-order valence-electron chi connectivity index (χ0n) is 14.4. The average Bonchev–Trinajstić information content (AvgIpc) is 3.11. The van der Waals surface area contributed by atoms with Gasteiger partial charge in [-0.3, -0.25) is 14.8 Å². The van der Waals surface area contributed by atoms with Crippen LogP contribution in [0.1, 0.15) is 22.8 Å². The maximum atomic E-state index is 12.5. The Bertz CT molecular complexity index is 1120. The lowest BCUT2D eigenvalue weighted by molar-refractivity contribution is 0.102. The molecule has 0 bridgehead atoms. The second-order valence-electron chi connectivity index (χ2n) is 5.61. The van der Waals surface area contributed by atoms with Gasteiger partial charge in [-0.1, -0.05) is 53.6 Å². The fourth-order valence-corrected chi connectivity index (χ4v) is 4.66. The number of sulfonamides is 1. The van der Waals surface area contributed by atoms with E-state index >= 15 is 0 Å². The number of hydrogen-bond acceptors (Lipinski definition) is 6. The van der Waals surface area contributed by atoms with Crippen molar-refractivity contribution in [1.82, 2.24) is 10.2 Å².